The van der Waals surface area contributed by atoms with E-state index in [2.05, 4.69) is 17.0 Å². The number of nitrogens with one attached hydrogen (secondary N) is 2. The van der Waals surface area contributed by atoms with E-state index in [0.29, 0.717) is 21.7 Å². The van der Waals surface area contributed by atoms with Gasteiger partial charge in [0, 0.05) is 17.3 Å². The number of thiophene rings is 1. The topological polar surface area (TPSA) is 67.4 Å². The fourth-order valence-electron chi connectivity index (χ4n) is 2.45. The number of anilines is 2. The molecule has 0 bridgehead atoms. The first-order valence-corrected chi connectivity index (χ1v) is 9.91. The van der Waals surface area contributed by atoms with E-state index in [0.717, 1.165) is 17.7 Å². The van der Waals surface area contributed by atoms with Crippen LogP contribution in [0.25, 0.3) is 0 Å². The molecule has 5 nitrogen and oxygen atoms in total. The van der Waals surface area contributed by atoms with Crippen LogP contribution in [0.2, 0.25) is 0 Å². The van der Waals surface area contributed by atoms with E-state index in [1.54, 1.807) is 23.6 Å². The van der Waals surface area contributed by atoms with Crippen LogP contribution in [-0.4, -0.2) is 20.2 Å². The smallest absolute Gasteiger partial charge is 0.271 e. The summed E-state index contributed by atoms with van der Waals surface area (Å²) in [7, 11) is -3.55. The Labute approximate surface area is 144 Å². The molecule has 1 unspecified atom stereocenters. The maximum Gasteiger partial charge on any atom is 0.271 e. The Kier molecular flexibility index (Phi) is 4.56. The zero-order valence-corrected chi connectivity index (χ0v) is 14.9. The molecule has 1 aliphatic heterocycles. The third-order valence-electron chi connectivity index (χ3n) is 3.65. The van der Waals surface area contributed by atoms with Crippen LogP contribution in [0.3, 0.4) is 0 Å². The molecule has 1 aliphatic rings. The molecule has 0 saturated heterocycles. The van der Waals surface area contributed by atoms with Crippen molar-refractivity contribution in [3.05, 3.63) is 41.3 Å². The fourth-order valence-corrected chi connectivity index (χ4v) is 4.67. The van der Waals surface area contributed by atoms with Gasteiger partial charge in [0.25, 0.3) is 15.2 Å². The van der Waals surface area contributed by atoms with Crippen molar-refractivity contribution in [1.82, 2.24) is 0 Å². The molecule has 8 heteroatoms. The first kappa shape index (κ1) is 16.2. The average molecular weight is 369 g/mol. The van der Waals surface area contributed by atoms with Gasteiger partial charge in [0.15, 0.2) is 0 Å². The molecule has 0 saturated carbocycles. The summed E-state index contributed by atoms with van der Waals surface area (Å²) in [6.07, 6.45) is 0.873. The van der Waals surface area contributed by atoms with Gasteiger partial charge in [-0.2, -0.15) is 0 Å². The number of hydrogen-bond acceptors (Lipinski definition) is 5. The molecule has 122 valence electrons. The highest BCUT2D eigenvalue weighted by Gasteiger charge is 2.22. The molecule has 0 amide bonds. The number of thiocarbonyl (C=S) groups is 1. The molecule has 0 aliphatic carbocycles. The second-order valence-corrected chi connectivity index (χ2v) is 8.40. The predicted octanol–water partition coefficient (Wildman–Crippen LogP) is 3.77. The Morgan fingerprint density at radius 3 is 2.96 bits per heavy atom. The van der Waals surface area contributed by atoms with E-state index in [9.17, 15) is 8.42 Å². The maximum atomic E-state index is 12.3. The summed E-state index contributed by atoms with van der Waals surface area (Å²) in [5.74, 6) is 0.157. The van der Waals surface area contributed by atoms with Crippen LogP contribution < -0.4 is 10.0 Å². The van der Waals surface area contributed by atoms with E-state index in [1.165, 1.54) is 11.3 Å². The van der Waals surface area contributed by atoms with Gasteiger partial charge in [-0.15, -0.1) is 11.3 Å². The molecule has 0 fully saturated rings. The lowest BCUT2D eigenvalue weighted by atomic mass is 9.95. The highest BCUT2D eigenvalue weighted by atomic mass is 32.2. The fraction of sp³-hybridized carbons (Fsp3) is 0.267. The van der Waals surface area contributed by atoms with Crippen LogP contribution in [0.4, 0.5) is 11.4 Å². The molecule has 1 aromatic heterocycles. The quantitative estimate of drug-likeness (QED) is 0.804. The molecule has 23 heavy (non-hydrogen) atoms. The van der Waals surface area contributed by atoms with Gasteiger partial charge < -0.3 is 10.1 Å². The van der Waals surface area contributed by atoms with Gasteiger partial charge in [0.1, 0.15) is 4.21 Å². The molecule has 2 heterocycles. The summed E-state index contributed by atoms with van der Waals surface area (Å²) in [5, 5.41) is 5.12. The van der Waals surface area contributed by atoms with Gasteiger partial charge >= 0.3 is 0 Å². The molecule has 1 aromatic carbocycles. The Morgan fingerprint density at radius 1 is 1.43 bits per heavy atom. The summed E-state index contributed by atoms with van der Waals surface area (Å²) in [5.41, 5.74) is 2.39. The van der Waals surface area contributed by atoms with Gasteiger partial charge in [-0.05, 0) is 53.8 Å². The van der Waals surface area contributed by atoms with Crippen molar-refractivity contribution in [2.24, 2.45) is 0 Å². The van der Waals surface area contributed by atoms with Gasteiger partial charge in [-0.3, -0.25) is 4.72 Å². The van der Waals surface area contributed by atoms with E-state index in [-0.39, 0.29) is 5.92 Å². The Morgan fingerprint density at radius 2 is 2.26 bits per heavy atom. The summed E-state index contributed by atoms with van der Waals surface area (Å²) in [6, 6.07) is 8.69. The number of benzene rings is 1. The van der Waals surface area contributed by atoms with Crippen molar-refractivity contribution < 1.29 is 13.2 Å². The molecule has 2 aromatic rings. The molecular formula is C15H16N2O3S3. The standard InChI is InChI=1S/C15H16N2O3S3/c1-2-10-9-20-15(21)16-13-6-5-11(8-12(10)13)17-23(18,19)14-4-3-7-22-14/h3-8,10,17H,2,9H2,1H3,(H,16,21). The zero-order valence-electron chi connectivity index (χ0n) is 12.4. The first-order valence-electron chi connectivity index (χ1n) is 7.13. The van der Waals surface area contributed by atoms with Gasteiger partial charge in [0.2, 0.25) is 0 Å². The summed E-state index contributed by atoms with van der Waals surface area (Å²) in [6.45, 7) is 2.55. The Hall–Kier alpha value is -1.64. The van der Waals surface area contributed by atoms with Crippen LogP contribution in [0.1, 0.15) is 24.8 Å². The Balaban J connectivity index is 1.94. The molecular weight excluding hydrogens is 352 g/mol. The normalized spacial score (nSPS) is 17.6. The van der Waals surface area contributed by atoms with Crippen molar-refractivity contribution in [2.45, 2.75) is 23.5 Å². The second-order valence-electron chi connectivity index (χ2n) is 5.17. The highest BCUT2D eigenvalue weighted by Crippen LogP contribution is 2.33. The van der Waals surface area contributed by atoms with Crippen LogP contribution >= 0.6 is 23.6 Å². The molecule has 1 atom stereocenters. The highest BCUT2D eigenvalue weighted by molar-refractivity contribution is 7.94. The minimum Gasteiger partial charge on any atom is -0.470 e. The predicted molar refractivity (Wildman–Crippen MR) is 96.8 cm³/mol. The first-order chi connectivity index (χ1) is 11.0. The van der Waals surface area contributed by atoms with Crippen LogP contribution in [-0.2, 0) is 14.8 Å². The van der Waals surface area contributed by atoms with E-state index in [4.69, 9.17) is 17.0 Å². The average Bonchev–Trinajstić information content (AvgIpc) is 3.00. The van der Waals surface area contributed by atoms with Gasteiger partial charge in [-0.1, -0.05) is 13.0 Å². The van der Waals surface area contributed by atoms with E-state index in [1.807, 2.05) is 12.1 Å². The third kappa shape index (κ3) is 3.49. The summed E-state index contributed by atoms with van der Waals surface area (Å²) < 4.78 is 33.1. The number of ether oxygens (including phenoxy) is 1. The van der Waals surface area contributed by atoms with Crippen molar-refractivity contribution in [2.75, 3.05) is 16.6 Å². The third-order valence-corrected chi connectivity index (χ3v) is 6.65. The number of rotatable bonds is 4. The molecule has 3 rings (SSSR count). The van der Waals surface area contributed by atoms with E-state index < -0.39 is 10.0 Å². The van der Waals surface area contributed by atoms with Crippen molar-refractivity contribution >= 4 is 50.1 Å². The number of sulfonamides is 1. The van der Waals surface area contributed by atoms with Gasteiger partial charge in [-0.25, -0.2) is 8.42 Å². The lowest BCUT2D eigenvalue weighted by Gasteiger charge is -2.16. The molecule has 2 N–H and O–H groups in total. The van der Waals surface area contributed by atoms with Crippen LogP contribution in [0, 0.1) is 0 Å². The zero-order chi connectivity index (χ0) is 16.4. The van der Waals surface area contributed by atoms with Crippen molar-refractivity contribution in [3.63, 3.8) is 0 Å². The maximum absolute atomic E-state index is 12.3. The minimum absolute atomic E-state index is 0.157. The summed E-state index contributed by atoms with van der Waals surface area (Å²) in [4.78, 5) is 0. The second kappa shape index (κ2) is 6.46. The monoisotopic (exact) mass is 368 g/mol. The van der Waals surface area contributed by atoms with Crippen LogP contribution in [0.15, 0.2) is 39.9 Å². The Bertz CT molecular complexity index is 816. The van der Waals surface area contributed by atoms with Crippen molar-refractivity contribution in [3.8, 4) is 0 Å². The summed E-state index contributed by atoms with van der Waals surface area (Å²) >= 11 is 6.29. The number of hydrogen-bond donors (Lipinski definition) is 2. The lowest BCUT2D eigenvalue weighted by molar-refractivity contribution is 0.283. The minimum atomic E-state index is -3.55. The van der Waals surface area contributed by atoms with E-state index >= 15 is 0 Å². The molecule has 0 spiro atoms. The number of fused-ring (bicyclic) bond motifs is 1. The lowest BCUT2D eigenvalue weighted by Crippen LogP contribution is -2.12. The van der Waals surface area contributed by atoms with Crippen LogP contribution in [0.5, 0.6) is 0 Å². The SMILES string of the molecule is CCC1COC(=S)Nc2ccc(NS(=O)(=O)c3cccs3)cc21. The van der Waals surface area contributed by atoms with Crippen molar-refractivity contribution in [1.29, 1.82) is 0 Å². The molecule has 0 radical (unpaired) electrons. The largest absolute Gasteiger partial charge is 0.470 e. The van der Waals surface area contributed by atoms with Gasteiger partial charge in [0.05, 0.1) is 6.61 Å².